The Morgan fingerprint density at radius 3 is 2.36 bits per heavy atom. The monoisotopic (exact) mass is 461 g/mol. The fourth-order valence-electron chi connectivity index (χ4n) is 3.71. The van der Waals surface area contributed by atoms with Crippen LogP contribution in [0, 0.1) is 0 Å². The number of carbonyl (C=O) groups excluding carboxylic acids is 4. The van der Waals surface area contributed by atoms with E-state index in [4.69, 9.17) is 11.5 Å². The van der Waals surface area contributed by atoms with Crippen LogP contribution < -0.4 is 22.1 Å². The van der Waals surface area contributed by atoms with Gasteiger partial charge in [-0.2, -0.15) is 0 Å². The summed E-state index contributed by atoms with van der Waals surface area (Å²) in [5.41, 5.74) is 11.6. The minimum absolute atomic E-state index is 0.0394. The fourth-order valence-corrected chi connectivity index (χ4v) is 3.71. The Morgan fingerprint density at radius 1 is 1.12 bits per heavy atom. The number of aliphatic carboxylic acids is 1. The number of likely N-dealkylation sites (tertiary alicyclic amines) is 1. The third-order valence-corrected chi connectivity index (χ3v) is 5.44. The summed E-state index contributed by atoms with van der Waals surface area (Å²) < 4.78 is 0. The minimum atomic E-state index is -1.24. The van der Waals surface area contributed by atoms with Crippen LogP contribution in [0.1, 0.15) is 38.2 Å². The topological polar surface area (TPSA) is 185 Å². The van der Waals surface area contributed by atoms with Gasteiger partial charge in [-0.1, -0.05) is 30.3 Å². The van der Waals surface area contributed by atoms with Crippen LogP contribution in [-0.2, 0) is 30.4 Å². The van der Waals surface area contributed by atoms with E-state index in [1.165, 1.54) is 11.8 Å². The van der Waals surface area contributed by atoms with Crippen molar-refractivity contribution in [1.29, 1.82) is 0 Å². The van der Waals surface area contributed by atoms with Crippen molar-refractivity contribution < 1.29 is 29.1 Å². The number of carbonyl (C=O) groups is 5. The number of hydrogen-bond acceptors (Lipinski definition) is 6. The molecule has 0 radical (unpaired) electrons. The molecule has 11 heteroatoms. The Kier molecular flexibility index (Phi) is 9.34. The third-order valence-electron chi connectivity index (χ3n) is 5.44. The molecule has 1 saturated heterocycles. The molecule has 1 aromatic carbocycles. The molecule has 2 rings (SSSR count). The highest BCUT2D eigenvalue weighted by Crippen LogP contribution is 2.19. The zero-order chi connectivity index (χ0) is 24.5. The molecule has 33 heavy (non-hydrogen) atoms. The summed E-state index contributed by atoms with van der Waals surface area (Å²) in [7, 11) is 0. The van der Waals surface area contributed by atoms with Gasteiger partial charge in [0.05, 0.1) is 6.04 Å². The Labute approximate surface area is 191 Å². The van der Waals surface area contributed by atoms with Gasteiger partial charge in [0.2, 0.25) is 23.6 Å². The van der Waals surface area contributed by atoms with Crippen molar-refractivity contribution in [2.75, 3.05) is 6.54 Å². The van der Waals surface area contributed by atoms with Crippen LogP contribution in [0.15, 0.2) is 30.3 Å². The van der Waals surface area contributed by atoms with E-state index in [-0.39, 0.29) is 25.2 Å². The number of nitrogens with zero attached hydrogens (tertiary/aromatic N) is 1. The zero-order valence-electron chi connectivity index (χ0n) is 18.5. The molecule has 180 valence electrons. The van der Waals surface area contributed by atoms with Crippen molar-refractivity contribution >= 4 is 29.6 Å². The second-order valence-electron chi connectivity index (χ2n) is 8.13. The van der Waals surface area contributed by atoms with Gasteiger partial charge in [0.25, 0.3) is 0 Å². The molecule has 0 saturated carbocycles. The van der Waals surface area contributed by atoms with Gasteiger partial charge >= 0.3 is 5.97 Å². The first-order chi connectivity index (χ1) is 15.6. The van der Waals surface area contributed by atoms with Crippen molar-refractivity contribution in [1.82, 2.24) is 15.5 Å². The van der Waals surface area contributed by atoms with Crippen LogP contribution in [0.2, 0.25) is 0 Å². The molecule has 1 aliphatic rings. The Bertz CT molecular complexity index is 875. The van der Waals surface area contributed by atoms with Crippen LogP contribution in [0.25, 0.3) is 0 Å². The molecule has 7 N–H and O–H groups in total. The highest BCUT2D eigenvalue weighted by Gasteiger charge is 2.37. The smallest absolute Gasteiger partial charge is 0.326 e. The van der Waals surface area contributed by atoms with E-state index in [1.807, 2.05) is 0 Å². The summed E-state index contributed by atoms with van der Waals surface area (Å²) in [6.45, 7) is 1.90. The predicted molar refractivity (Wildman–Crippen MR) is 118 cm³/mol. The average Bonchev–Trinajstić information content (AvgIpc) is 3.25. The Balaban J connectivity index is 2.12. The van der Waals surface area contributed by atoms with Gasteiger partial charge in [-0.25, -0.2) is 4.79 Å². The van der Waals surface area contributed by atoms with Gasteiger partial charge in [-0.15, -0.1) is 0 Å². The van der Waals surface area contributed by atoms with E-state index >= 15 is 0 Å². The molecule has 4 unspecified atom stereocenters. The van der Waals surface area contributed by atoms with Gasteiger partial charge in [0, 0.05) is 19.4 Å². The van der Waals surface area contributed by atoms with Gasteiger partial charge in [-0.3, -0.25) is 19.2 Å². The van der Waals surface area contributed by atoms with Gasteiger partial charge in [0.15, 0.2) is 0 Å². The first kappa shape index (κ1) is 25.8. The van der Waals surface area contributed by atoms with Crippen molar-refractivity contribution in [3.63, 3.8) is 0 Å². The lowest BCUT2D eigenvalue weighted by Crippen LogP contribution is -2.56. The highest BCUT2D eigenvalue weighted by molar-refractivity contribution is 5.94. The third kappa shape index (κ3) is 7.56. The summed E-state index contributed by atoms with van der Waals surface area (Å²) in [5.74, 6) is -3.61. The van der Waals surface area contributed by atoms with Crippen LogP contribution in [-0.4, -0.2) is 70.3 Å². The van der Waals surface area contributed by atoms with Crippen LogP contribution in [0.5, 0.6) is 0 Å². The van der Waals surface area contributed by atoms with Crippen molar-refractivity contribution in [2.24, 2.45) is 11.5 Å². The Morgan fingerprint density at radius 2 is 1.79 bits per heavy atom. The molecule has 1 fully saturated rings. The highest BCUT2D eigenvalue weighted by atomic mass is 16.4. The first-order valence-corrected chi connectivity index (χ1v) is 10.8. The number of nitrogens with two attached hydrogens (primary N) is 2. The molecular formula is C22H31N5O6. The lowest BCUT2D eigenvalue weighted by molar-refractivity contribution is -0.143. The molecule has 1 aliphatic heterocycles. The zero-order valence-corrected chi connectivity index (χ0v) is 18.5. The average molecular weight is 462 g/mol. The molecular weight excluding hydrogens is 430 g/mol. The van der Waals surface area contributed by atoms with Crippen molar-refractivity contribution in [3.05, 3.63) is 35.9 Å². The molecule has 0 bridgehead atoms. The first-order valence-electron chi connectivity index (χ1n) is 10.8. The maximum absolute atomic E-state index is 12.9. The number of amides is 4. The van der Waals surface area contributed by atoms with Crippen LogP contribution in [0.4, 0.5) is 0 Å². The van der Waals surface area contributed by atoms with Crippen LogP contribution in [0.3, 0.4) is 0 Å². The van der Waals surface area contributed by atoms with Crippen LogP contribution >= 0.6 is 0 Å². The molecule has 0 aliphatic carbocycles. The molecule has 4 atom stereocenters. The molecule has 1 heterocycles. The Hall–Kier alpha value is -3.47. The maximum Gasteiger partial charge on any atom is 0.326 e. The lowest BCUT2D eigenvalue weighted by Gasteiger charge is -2.28. The number of rotatable bonds is 11. The van der Waals surface area contributed by atoms with E-state index in [1.54, 1.807) is 30.3 Å². The number of carboxylic acids is 1. The fraction of sp³-hybridized carbons (Fsp3) is 0.500. The quantitative estimate of drug-likeness (QED) is 0.276. The summed E-state index contributed by atoms with van der Waals surface area (Å²) in [4.78, 5) is 62.4. The number of hydrogen-bond donors (Lipinski definition) is 5. The number of benzene rings is 1. The molecule has 0 spiro atoms. The standard InChI is InChI=1S/C22H31N5O6/c1-13(23)21(31)27-11-5-8-17(27)20(30)25-15(9-10-18(24)28)19(29)26-16(22(32)33)12-14-6-3-2-4-7-14/h2-4,6-7,13,15-17H,5,8-12,23H2,1H3,(H2,24,28)(H,25,30)(H,26,29)(H,32,33). The van der Waals surface area contributed by atoms with E-state index < -0.39 is 47.9 Å². The van der Waals surface area contributed by atoms with E-state index in [2.05, 4.69) is 10.6 Å². The SMILES string of the molecule is CC(N)C(=O)N1CCCC1C(=O)NC(CCC(N)=O)C(=O)NC(Cc1ccccc1)C(=O)O. The predicted octanol–water partition coefficient (Wildman–Crippen LogP) is -1.11. The minimum Gasteiger partial charge on any atom is -0.480 e. The number of primary amides is 1. The number of nitrogens with one attached hydrogen (secondary N) is 2. The molecule has 11 nitrogen and oxygen atoms in total. The molecule has 4 amide bonds. The number of carboxylic acid groups (broad SMARTS) is 1. The lowest BCUT2D eigenvalue weighted by atomic mass is 10.0. The van der Waals surface area contributed by atoms with E-state index in [0.717, 1.165) is 0 Å². The van der Waals surface area contributed by atoms with E-state index in [0.29, 0.717) is 24.9 Å². The van der Waals surface area contributed by atoms with E-state index in [9.17, 15) is 29.1 Å². The van der Waals surface area contributed by atoms with Crippen molar-refractivity contribution in [2.45, 2.75) is 63.2 Å². The molecule has 0 aromatic heterocycles. The van der Waals surface area contributed by atoms with Gasteiger partial charge in [0.1, 0.15) is 18.1 Å². The molecule has 1 aromatic rings. The summed E-state index contributed by atoms with van der Waals surface area (Å²) in [6, 6.07) is 4.75. The normalized spacial score (nSPS) is 18.1. The maximum atomic E-state index is 12.9. The summed E-state index contributed by atoms with van der Waals surface area (Å²) in [6.07, 6.45) is 0.741. The van der Waals surface area contributed by atoms with Gasteiger partial charge < -0.3 is 32.1 Å². The van der Waals surface area contributed by atoms with Gasteiger partial charge in [-0.05, 0) is 31.7 Å². The summed E-state index contributed by atoms with van der Waals surface area (Å²) in [5, 5.41) is 14.5. The summed E-state index contributed by atoms with van der Waals surface area (Å²) >= 11 is 0. The largest absolute Gasteiger partial charge is 0.480 e. The second-order valence-corrected chi connectivity index (χ2v) is 8.13. The van der Waals surface area contributed by atoms with Crippen molar-refractivity contribution in [3.8, 4) is 0 Å². The second kappa shape index (κ2) is 12.0.